The third-order valence-electron chi connectivity index (χ3n) is 3.02. The molecule has 0 saturated heterocycles. The lowest BCUT2D eigenvalue weighted by atomic mass is 9.67. The summed E-state index contributed by atoms with van der Waals surface area (Å²) in [5, 5.41) is 8.60. The maximum absolute atomic E-state index is 12.9. The zero-order chi connectivity index (χ0) is 11.0. The fourth-order valence-electron chi connectivity index (χ4n) is 2.00. The normalized spacial score (nSPS) is 30.9. The van der Waals surface area contributed by atoms with E-state index in [1.54, 1.807) is 6.92 Å². The third-order valence-corrected chi connectivity index (χ3v) is 3.02. The van der Waals surface area contributed by atoms with E-state index in [-0.39, 0.29) is 13.0 Å². The van der Waals surface area contributed by atoms with Crippen LogP contribution < -0.4 is 0 Å². The summed E-state index contributed by atoms with van der Waals surface area (Å²) in [5.41, 5.74) is 0. The summed E-state index contributed by atoms with van der Waals surface area (Å²) in [6.07, 6.45) is -0.178. The van der Waals surface area contributed by atoms with Gasteiger partial charge in [-0.15, -0.1) is 0 Å². The number of halogens is 4. The average molecular weight is 214 g/mol. The standard InChI is InChI=1S/C9H14F4O/c1-2-6(3-4-14)7-5-8(10,11)9(7,12)13/h6-7,14H,2-5H2,1H3. The smallest absolute Gasteiger partial charge is 0.313 e. The molecule has 1 saturated carbocycles. The van der Waals surface area contributed by atoms with E-state index in [4.69, 9.17) is 5.11 Å². The molecule has 0 bridgehead atoms. The monoisotopic (exact) mass is 214 g/mol. The highest BCUT2D eigenvalue weighted by atomic mass is 19.3. The molecule has 2 atom stereocenters. The van der Waals surface area contributed by atoms with Crippen molar-refractivity contribution >= 4 is 0 Å². The first-order valence-electron chi connectivity index (χ1n) is 4.73. The van der Waals surface area contributed by atoms with Gasteiger partial charge in [-0.2, -0.15) is 17.6 Å². The molecule has 0 aromatic heterocycles. The molecule has 1 rings (SSSR count). The van der Waals surface area contributed by atoms with Crippen LogP contribution in [0.15, 0.2) is 0 Å². The van der Waals surface area contributed by atoms with Crippen LogP contribution in [0.25, 0.3) is 0 Å². The lowest BCUT2D eigenvalue weighted by Gasteiger charge is -2.47. The summed E-state index contributed by atoms with van der Waals surface area (Å²) >= 11 is 0. The summed E-state index contributed by atoms with van der Waals surface area (Å²) < 4.78 is 50.8. The summed E-state index contributed by atoms with van der Waals surface area (Å²) in [4.78, 5) is 0. The van der Waals surface area contributed by atoms with Gasteiger partial charge in [0.05, 0.1) is 0 Å². The highest BCUT2D eigenvalue weighted by molar-refractivity contribution is 5.05. The number of rotatable bonds is 4. The van der Waals surface area contributed by atoms with Crippen LogP contribution in [0.3, 0.4) is 0 Å². The Labute approximate surface area is 80.1 Å². The molecule has 1 aliphatic carbocycles. The van der Waals surface area contributed by atoms with E-state index < -0.39 is 30.1 Å². The Morgan fingerprint density at radius 2 is 1.93 bits per heavy atom. The second-order valence-corrected chi connectivity index (χ2v) is 3.82. The Morgan fingerprint density at radius 3 is 2.21 bits per heavy atom. The molecule has 1 fully saturated rings. The second-order valence-electron chi connectivity index (χ2n) is 3.82. The van der Waals surface area contributed by atoms with Gasteiger partial charge >= 0.3 is 11.8 Å². The predicted octanol–water partition coefficient (Wildman–Crippen LogP) is 2.69. The molecule has 14 heavy (non-hydrogen) atoms. The van der Waals surface area contributed by atoms with Crippen LogP contribution in [0.5, 0.6) is 0 Å². The van der Waals surface area contributed by atoms with Crippen molar-refractivity contribution in [2.45, 2.75) is 38.0 Å². The number of aliphatic hydroxyl groups is 1. The Balaban J connectivity index is 2.64. The fourth-order valence-corrected chi connectivity index (χ4v) is 2.00. The quantitative estimate of drug-likeness (QED) is 0.713. The fraction of sp³-hybridized carbons (Fsp3) is 1.00. The van der Waals surface area contributed by atoms with Crippen molar-refractivity contribution in [3.05, 3.63) is 0 Å². The second kappa shape index (κ2) is 3.68. The van der Waals surface area contributed by atoms with Gasteiger partial charge in [-0.1, -0.05) is 13.3 Å². The molecule has 0 radical (unpaired) electrons. The summed E-state index contributed by atoms with van der Waals surface area (Å²) in [7, 11) is 0. The summed E-state index contributed by atoms with van der Waals surface area (Å²) in [6, 6.07) is 0. The van der Waals surface area contributed by atoms with E-state index in [1.165, 1.54) is 0 Å². The van der Waals surface area contributed by atoms with Gasteiger partial charge in [0.1, 0.15) is 0 Å². The maximum Gasteiger partial charge on any atom is 0.313 e. The van der Waals surface area contributed by atoms with Crippen molar-refractivity contribution in [2.24, 2.45) is 11.8 Å². The lowest BCUT2D eigenvalue weighted by Crippen LogP contribution is -2.61. The largest absolute Gasteiger partial charge is 0.396 e. The number of hydrogen-bond donors (Lipinski definition) is 1. The Kier molecular flexibility index (Phi) is 3.09. The highest BCUT2D eigenvalue weighted by Gasteiger charge is 2.72. The minimum absolute atomic E-state index is 0.173. The molecule has 1 N–H and O–H groups in total. The summed E-state index contributed by atoms with van der Waals surface area (Å²) in [5.74, 6) is -9.51. The SMILES string of the molecule is CCC(CCO)C1CC(F)(F)C1(F)F. The highest BCUT2D eigenvalue weighted by Crippen LogP contribution is 2.58. The zero-order valence-electron chi connectivity index (χ0n) is 7.94. The van der Waals surface area contributed by atoms with Crippen molar-refractivity contribution in [1.82, 2.24) is 0 Å². The Bertz CT molecular complexity index is 205. The zero-order valence-corrected chi connectivity index (χ0v) is 7.94. The molecular formula is C9H14F4O. The number of aliphatic hydroxyl groups excluding tert-OH is 1. The van der Waals surface area contributed by atoms with Gasteiger partial charge in [0.25, 0.3) is 0 Å². The molecule has 0 aliphatic heterocycles. The van der Waals surface area contributed by atoms with E-state index in [2.05, 4.69) is 0 Å². The third kappa shape index (κ3) is 1.62. The van der Waals surface area contributed by atoms with Gasteiger partial charge in [0.2, 0.25) is 0 Å². The van der Waals surface area contributed by atoms with E-state index in [0.29, 0.717) is 6.42 Å². The minimum Gasteiger partial charge on any atom is -0.396 e. The van der Waals surface area contributed by atoms with E-state index in [1.807, 2.05) is 0 Å². The topological polar surface area (TPSA) is 20.2 Å². The van der Waals surface area contributed by atoms with Crippen LogP contribution in [0.2, 0.25) is 0 Å². The van der Waals surface area contributed by atoms with E-state index in [9.17, 15) is 17.6 Å². The minimum atomic E-state index is -3.89. The van der Waals surface area contributed by atoms with Gasteiger partial charge in [0.15, 0.2) is 0 Å². The van der Waals surface area contributed by atoms with Gasteiger partial charge in [-0.05, 0) is 12.3 Å². The molecular weight excluding hydrogens is 200 g/mol. The van der Waals surface area contributed by atoms with Crippen molar-refractivity contribution < 1.29 is 22.7 Å². The van der Waals surface area contributed by atoms with Crippen LogP contribution in [-0.2, 0) is 0 Å². The van der Waals surface area contributed by atoms with Gasteiger partial charge < -0.3 is 5.11 Å². The molecule has 5 heteroatoms. The molecule has 0 heterocycles. The first kappa shape index (κ1) is 11.8. The predicted molar refractivity (Wildman–Crippen MR) is 43.5 cm³/mol. The van der Waals surface area contributed by atoms with Gasteiger partial charge in [-0.25, -0.2) is 0 Å². The van der Waals surface area contributed by atoms with E-state index >= 15 is 0 Å². The molecule has 84 valence electrons. The molecule has 1 nitrogen and oxygen atoms in total. The maximum atomic E-state index is 12.9. The van der Waals surface area contributed by atoms with Gasteiger partial charge in [-0.3, -0.25) is 0 Å². The molecule has 0 aromatic rings. The molecule has 0 aromatic carbocycles. The molecule has 1 aliphatic rings. The summed E-state index contributed by atoms with van der Waals surface area (Å²) in [6.45, 7) is 1.45. The van der Waals surface area contributed by atoms with Crippen molar-refractivity contribution in [3.8, 4) is 0 Å². The Hall–Kier alpha value is -0.320. The Morgan fingerprint density at radius 1 is 1.36 bits per heavy atom. The van der Waals surface area contributed by atoms with Crippen LogP contribution in [0.4, 0.5) is 17.6 Å². The van der Waals surface area contributed by atoms with Crippen molar-refractivity contribution in [3.63, 3.8) is 0 Å². The molecule has 2 unspecified atom stereocenters. The lowest BCUT2D eigenvalue weighted by molar-refractivity contribution is -0.325. The number of hydrogen-bond acceptors (Lipinski definition) is 1. The van der Waals surface area contributed by atoms with Crippen LogP contribution in [0.1, 0.15) is 26.2 Å². The van der Waals surface area contributed by atoms with E-state index in [0.717, 1.165) is 0 Å². The van der Waals surface area contributed by atoms with Crippen LogP contribution in [-0.4, -0.2) is 23.6 Å². The first-order chi connectivity index (χ1) is 6.36. The van der Waals surface area contributed by atoms with Crippen molar-refractivity contribution in [2.75, 3.05) is 6.61 Å². The molecule has 0 spiro atoms. The first-order valence-corrected chi connectivity index (χ1v) is 4.73. The van der Waals surface area contributed by atoms with Crippen molar-refractivity contribution in [1.29, 1.82) is 0 Å². The van der Waals surface area contributed by atoms with Crippen LogP contribution in [0, 0.1) is 11.8 Å². The van der Waals surface area contributed by atoms with Gasteiger partial charge in [0, 0.05) is 18.9 Å². The molecule has 0 amide bonds. The number of alkyl halides is 4. The average Bonchev–Trinajstić information content (AvgIpc) is 2.11. The van der Waals surface area contributed by atoms with Crippen LogP contribution >= 0.6 is 0 Å².